The quantitative estimate of drug-likeness (QED) is 0.688. The molecule has 2 amide bonds. The molecule has 0 bridgehead atoms. The Kier molecular flexibility index (Phi) is 6.54. The van der Waals surface area contributed by atoms with Crippen molar-refractivity contribution in [3.05, 3.63) is 68.7 Å². The predicted molar refractivity (Wildman–Crippen MR) is 116 cm³/mol. The summed E-state index contributed by atoms with van der Waals surface area (Å²) in [4.78, 5) is 27.8. The molecule has 0 saturated heterocycles. The smallest absolute Gasteiger partial charge is 0.252 e. The van der Waals surface area contributed by atoms with Crippen LogP contribution in [-0.2, 0) is 16.0 Å². The van der Waals surface area contributed by atoms with Crippen molar-refractivity contribution >= 4 is 50.6 Å². The Labute approximate surface area is 177 Å². The molecule has 0 aromatic heterocycles. The second-order valence-corrected chi connectivity index (χ2v) is 8.20. The summed E-state index contributed by atoms with van der Waals surface area (Å²) < 4.78 is 0.915. The molecule has 146 valence electrons. The largest absolute Gasteiger partial charge is 0.351 e. The van der Waals surface area contributed by atoms with E-state index in [-0.39, 0.29) is 11.8 Å². The second-order valence-electron chi connectivity index (χ2n) is 6.85. The Bertz CT molecular complexity index is 939. The summed E-state index contributed by atoms with van der Waals surface area (Å²) in [5.41, 5.74) is 3.28. The average molecular weight is 463 g/mol. The molecule has 0 radical (unpaired) electrons. The zero-order valence-corrected chi connectivity index (χ0v) is 18.0. The van der Waals surface area contributed by atoms with Crippen molar-refractivity contribution < 1.29 is 9.59 Å². The highest BCUT2D eigenvalue weighted by Gasteiger charge is 2.30. The first kappa shape index (κ1) is 20.6. The summed E-state index contributed by atoms with van der Waals surface area (Å²) in [6.07, 6.45) is 0.407. The summed E-state index contributed by atoms with van der Waals surface area (Å²) in [6.45, 7) is 1.23. The summed E-state index contributed by atoms with van der Waals surface area (Å²) in [5, 5.41) is 6.38. The Balaban J connectivity index is 1.88. The fourth-order valence-corrected chi connectivity index (χ4v) is 3.60. The fourth-order valence-electron chi connectivity index (χ4n) is 3.07. The number of fused-ring (bicyclic) bond motifs is 1. The van der Waals surface area contributed by atoms with E-state index in [0.717, 1.165) is 22.1 Å². The van der Waals surface area contributed by atoms with Crippen molar-refractivity contribution in [2.75, 3.05) is 32.5 Å². The summed E-state index contributed by atoms with van der Waals surface area (Å²) in [5.74, 6) is -0.517. The van der Waals surface area contributed by atoms with Gasteiger partial charge in [-0.2, -0.15) is 0 Å². The molecule has 2 N–H and O–H groups in total. The van der Waals surface area contributed by atoms with Crippen LogP contribution in [0.3, 0.4) is 0 Å². The van der Waals surface area contributed by atoms with Crippen LogP contribution in [0.25, 0.3) is 5.57 Å². The maximum Gasteiger partial charge on any atom is 0.252 e. The zero-order valence-electron chi connectivity index (χ0n) is 15.7. The lowest BCUT2D eigenvalue weighted by Gasteiger charge is -2.13. The maximum atomic E-state index is 12.9. The van der Waals surface area contributed by atoms with Crippen LogP contribution in [0, 0.1) is 0 Å². The number of amides is 2. The van der Waals surface area contributed by atoms with Gasteiger partial charge in [-0.1, -0.05) is 33.6 Å². The Hall–Kier alpha value is -2.15. The molecule has 3 rings (SSSR count). The number of rotatable bonds is 6. The van der Waals surface area contributed by atoms with E-state index in [9.17, 15) is 9.59 Å². The van der Waals surface area contributed by atoms with Gasteiger partial charge in [0.15, 0.2) is 0 Å². The van der Waals surface area contributed by atoms with Gasteiger partial charge >= 0.3 is 0 Å². The number of hydrogen-bond acceptors (Lipinski definition) is 3. The first-order chi connectivity index (χ1) is 13.3. The number of likely N-dealkylation sites (N-methyl/N-ethyl adjacent to an activating group) is 1. The zero-order chi connectivity index (χ0) is 20.3. The van der Waals surface area contributed by atoms with Crippen LogP contribution in [0.4, 0.5) is 5.69 Å². The summed E-state index contributed by atoms with van der Waals surface area (Å²) in [6, 6.07) is 12.6. The van der Waals surface area contributed by atoms with Crippen molar-refractivity contribution in [3.63, 3.8) is 0 Å². The minimum atomic E-state index is -0.285. The van der Waals surface area contributed by atoms with Gasteiger partial charge in [0.25, 0.3) is 11.8 Å². The van der Waals surface area contributed by atoms with Crippen molar-refractivity contribution in [3.8, 4) is 0 Å². The number of anilines is 1. The molecule has 2 aromatic carbocycles. The molecule has 0 saturated carbocycles. The number of nitrogens with zero attached hydrogens (tertiary/aromatic N) is 1. The number of benzene rings is 2. The van der Waals surface area contributed by atoms with E-state index in [4.69, 9.17) is 11.6 Å². The molecule has 2 aromatic rings. The number of carbonyl (C=O) groups is 2. The van der Waals surface area contributed by atoms with Crippen molar-refractivity contribution in [2.24, 2.45) is 0 Å². The van der Waals surface area contributed by atoms with E-state index >= 15 is 0 Å². The van der Waals surface area contributed by atoms with Crippen LogP contribution < -0.4 is 10.6 Å². The molecule has 0 heterocycles. The van der Waals surface area contributed by atoms with Gasteiger partial charge in [0, 0.05) is 40.3 Å². The highest BCUT2D eigenvalue weighted by Crippen LogP contribution is 2.35. The fraction of sp³-hybridized carbons (Fsp3) is 0.238. The molecule has 0 spiro atoms. The van der Waals surface area contributed by atoms with Gasteiger partial charge in [-0.05, 0) is 61.6 Å². The van der Waals surface area contributed by atoms with Crippen molar-refractivity contribution in [2.45, 2.75) is 6.42 Å². The van der Waals surface area contributed by atoms with Crippen LogP contribution in [0.5, 0.6) is 0 Å². The van der Waals surface area contributed by atoms with Crippen LogP contribution in [0.2, 0.25) is 5.02 Å². The van der Waals surface area contributed by atoms with Gasteiger partial charge in [0.1, 0.15) is 0 Å². The van der Waals surface area contributed by atoms with Crippen LogP contribution in [0.1, 0.15) is 11.1 Å². The van der Waals surface area contributed by atoms with Gasteiger partial charge in [0.05, 0.1) is 5.57 Å². The standard InChI is InChI=1S/C21H21BrClN3O2/c1-26(2)10-9-24-21(28)19-17-8-3-14(22)11-13(17)12-18(19)20(27)25-16-6-4-15(23)5-7-16/h3-8,11H,9-10,12H2,1-2H3,(H,24,28)(H,25,27). The third kappa shape index (κ3) is 4.82. The number of carbonyl (C=O) groups excluding carboxylic acids is 2. The lowest BCUT2D eigenvalue weighted by atomic mass is 10.0. The van der Waals surface area contributed by atoms with Gasteiger partial charge in [-0.3, -0.25) is 9.59 Å². The molecule has 0 atom stereocenters. The Morgan fingerprint density at radius 1 is 1.11 bits per heavy atom. The maximum absolute atomic E-state index is 12.9. The molecular weight excluding hydrogens is 442 g/mol. The third-order valence-electron chi connectivity index (χ3n) is 4.45. The Morgan fingerprint density at radius 2 is 1.82 bits per heavy atom. The first-order valence-electron chi connectivity index (χ1n) is 8.87. The van der Waals surface area contributed by atoms with E-state index in [1.54, 1.807) is 24.3 Å². The molecule has 0 aliphatic heterocycles. The molecular formula is C21H21BrClN3O2. The summed E-state index contributed by atoms with van der Waals surface area (Å²) >= 11 is 9.36. The first-order valence-corrected chi connectivity index (χ1v) is 10.0. The minimum Gasteiger partial charge on any atom is -0.351 e. The Morgan fingerprint density at radius 3 is 2.50 bits per heavy atom. The second kappa shape index (κ2) is 8.90. The molecule has 5 nitrogen and oxygen atoms in total. The van der Waals surface area contributed by atoms with Gasteiger partial charge in [0.2, 0.25) is 0 Å². The third-order valence-corrected chi connectivity index (χ3v) is 5.20. The summed E-state index contributed by atoms with van der Waals surface area (Å²) in [7, 11) is 3.89. The van der Waals surface area contributed by atoms with Crippen LogP contribution in [-0.4, -0.2) is 43.9 Å². The molecule has 28 heavy (non-hydrogen) atoms. The van der Waals surface area contributed by atoms with Gasteiger partial charge in [-0.15, -0.1) is 0 Å². The normalized spacial score (nSPS) is 12.9. The highest BCUT2D eigenvalue weighted by atomic mass is 79.9. The lowest BCUT2D eigenvalue weighted by molar-refractivity contribution is -0.116. The van der Waals surface area contributed by atoms with Crippen LogP contribution in [0.15, 0.2) is 52.5 Å². The monoisotopic (exact) mass is 461 g/mol. The van der Waals surface area contributed by atoms with E-state index in [0.29, 0.717) is 34.8 Å². The molecule has 0 unspecified atom stereocenters. The van der Waals surface area contributed by atoms with E-state index < -0.39 is 0 Å². The van der Waals surface area contributed by atoms with E-state index in [1.165, 1.54) is 0 Å². The predicted octanol–water partition coefficient (Wildman–Crippen LogP) is 3.73. The van der Waals surface area contributed by atoms with Crippen molar-refractivity contribution in [1.29, 1.82) is 0 Å². The van der Waals surface area contributed by atoms with Gasteiger partial charge in [-0.25, -0.2) is 0 Å². The molecule has 1 aliphatic carbocycles. The van der Waals surface area contributed by atoms with Crippen LogP contribution >= 0.6 is 27.5 Å². The SMILES string of the molecule is CN(C)CCNC(=O)C1=C(C(=O)Nc2ccc(Cl)cc2)Cc2cc(Br)ccc21. The number of halogens is 2. The molecule has 0 fully saturated rings. The molecule has 1 aliphatic rings. The number of nitrogens with one attached hydrogen (secondary N) is 2. The van der Waals surface area contributed by atoms with E-state index in [2.05, 4.69) is 26.6 Å². The van der Waals surface area contributed by atoms with Gasteiger partial charge < -0.3 is 15.5 Å². The average Bonchev–Trinajstić information content (AvgIpc) is 3.02. The lowest BCUT2D eigenvalue weighted by Crippen LogP contribution is -2.32. The van der Waals surface area contributed by atoms with Crippen molar-refractivity contribution in [1.82, 2.24) is 10.2 Å². The van der Waals surface area contributed by atoms with E-state index in [1.807, 2.05) is 37.2 Å². The highest BCUT2D eigenvalue weighted by molar-refractivity contribution is 9.10. The number of hydrogen-bond donors (Lipinski definition) is 2. The molecule has 7 heteroatoms. The minimum absolute atomic E-state index is 0.232. The topological polar surface area (TPSA) is 61.4 Å².